The molecule has 2 aromatic carbocycles. The lowest BCUT2D eigenvalue weighted by atomic mass is 9.93. The first-order valence-electron chi connectivity index (χ1n) is 13.0. The summed E-state index contributed by atoms with van der Waals surface area (Å²) in [6, 6.07) is 14.4. The zero-order chi connectivity index (χ0) is 30.2. The smallest absolute Gasteiger partial charge is 0.251 e. The quantitative estimate of drug-likeness (QED) is 0.209. The van der Waals surface area contributed by atoms with Crippen molar-refractivity contribution in [1.29, 1.82) is 0 Å². The minimum absolute atomic E-state index is 0.0110. The van der Waals surface area contributed by atoms with Crippen molar-refractivity contribution >= 4 is 33.6 Å². The van der Waals surface area contributed by atoms with Gasteiger partial charge in [-0.15, -0.1) is 5.10 Å². The van der Waals surface area contributed by atoms with Crippen molar-refractivity contribution in [1.82, 2.24) is 35.6 Å². The van der Waals surface area contributed by atoms with Crippen LogP contribution < -0.4 is 15.4 Å². The van der Waals surface area contributed by atoms with Gasteiger partial charge in [0.15, 0.2) is 0 Å². The summed E-state index contributed by atoms with van der Waals surface area (Å²) in [6.45, 7) is 5.65. The molecule has 1 aromatic heterocycles. The summed E-state index contributed by atoms with van der Waals surface area (Å²) in [4.78, 5) is 26.4. The third-order valence-electron chi connectivity index (χ3n) is 5.90. The van der Waals surface area contributed by atoms with E-state index in [2.05, 4.69) is 30.9 Å². The number of amides is 2. The Balaban J connectivity index is 1.84. The number of aliphatic hydroxyl groups is 1. The summed E-state index contributed by atoms with van der Waals surface area (Å²) in [5, 5.41) is 28.8. The van der Waals surface area contributed by atoms with Gasteiger partial charge >= 0.3 is 0 Å². The molecule has 0 aliphatic rings. The molecule has 4 N–H and O–H groups in total. The molecule has 3 rings (SSSR count). The molecule has 14 heteroatoms. The minimum atomic E-state index is -3.75. The Morgan fingerprint density at radius 1 is 1.05 bits per heavy atom. The van der Waals surface area contributed by atoms with Gasteiger partial charge in [-0.25, -0.2) is 17.8 Å². The highest BCUT2D eigenvalue weighted by molar-refractivity contribution is 7.99. The Bertz CT molecular complexity index is 1430. The Morgan fingerprint density at radius 2 is 1.71 bits per heavy atom. The van der Waals surface area contributed by atoms with Crippen LogP contribution in [0.25, 0.3) is 0 Å². The van der Waals surface area contributed by atoms with Crippen molar-refractivity contribution < 1.29 is 23.1 Å². The Kier molecular flexibility index (Phi) is 11.0. The highest BCUT2D eigenvalue weighted by Crippen LogP contribution is 2.18. The van der Waals surface area contributed by atoms with Crippen molar-refractivity contribution in [2.45, 2.75) is 62.5 Å². The number of hydrogen-bond donors (Lipinski definition) is 4. The molecule has 222 valence electrons. The van der Waals surface area contributed by atoms with E-state index in [-0.39, 0.29) is 24.5 Å². The largest absolute Gasteiger partial charge is 0.391 e. The van der Waals surface area contributed by atoms with Crippen LogP contribution in [0, 0.1) is 0 Å². The van der Waals surface area contributed by atoms with Crippen LogP contribution in [-0.2, 0) is 34.7 Å². The van der Waals surface area contributed by atoms with Crippen LogP contribution in [0.1, 0.15) is 42.3 Å². The average Bonchev–Trinajstić information content (AvgIpc) is 3.29. The first-order chi connectivity index (χ1) is 19.2. The fraction of sp³-hybridized carbons (Fsp3) is 0.444. The maximum atomic E-state index is 13.5. The molecule has 0 spiro atoms. The van der Waals surface area contributed by atoms with Crippen LogP contribution in [0.5, 0.6) is 0 Å². The molecule has 0 aliphatic heterocycles. The molecular weight excluding hydrogens is 566 g/mol. The summed E-state index contributed by atoms with van der Waals surface area (Å²) in [5.74, 6) is -0.870. The number of aromatic nitrogens is 4. The molecule has 0 fully saturated rings. The van der Waals surface area contributed by atoms with E-state index in [0.29, 0.717) is 16.3 Å². The van der Waals surface area contributed by atoms with Crippen LogP contribution >= 0.6 is 11.8 Å². The van der Waals surface area contributed by atoms with Crippen LogP contribution in [0.4, 0.5) is 0 Å². The molecule has 0 unspecified atom stereocenters. The fourth-order valence-electron chi connectivity index (χ4n) is 4.05. The maximum Gasteiger partial charge on any atom is 0.251 e. The summed E-state index contributed by atoms with van der Waals surface area (Å²) in [7, 11) is -2.12. The zero-order valence-corrected chi connectivity index (χ0v) is 25.4. The fourth-order valence-corrected chi connectivity index (χ4v) is 5.73. The van der Waals surface area contributed by atoms with Gasteiger partial charge in [0, 0.05) is 30.3 Å². The van der Waals surface area contributed by atoms with Crippen molar-refractivity contribution in [3.8, 4) is 0 Å². The van der Waals surface area contributed by atoms with Crippen molar-refractivity contribution in [3.63, 3.8) is 0 Å². The number of nitrogens with one attached hydrogen (secondary N) is 3. The number of sulfonamides is 1. The van der Waals surface area contributed by atoms with E-state index in [1.165, 1.54) is 4.68 Å². The number of carbonyl (C=O) groups is 2. The van der Waals surface area contributed by atoms with E-state index in [0.717, 1.165) is 23.6 Å². The highest BCUT2D eigenvalue weighted by Gasteiger charge is 2.29. The Morgan fingerprint density at radius 3 is 2.32 bits per heavy atom. The van der Waals surface area contributed by atoms with E-state index >= 15 is 0 Å². The number of hydrogen-bond acceptors (Lipinski definition) is 9. The van der Waals surface area contributed by atoms with Gasteiger partial charge in [-0.05, 0) is 54.8 Å². The van der Waals surface area contributed by atoms with Gasteiger partial charge in [0.1, 0.15) is 6.04 Å². The van der Waals surface area contributed by atoms with Crippen molar-refractivity contribution in [2.24, 2.45) is 7.05 Å². The Hall–Kier alpha value is -3.33. The summed E-state index contributed by atoms with van der Waals surface area (Å²) in [5.41, 5.74) is 1.46. The first-order valence-corrected chi connectivity index (χ1v) is 15.8. The molecule has 1 heterocycles. The molecule has 3 atom stereocenters. The maximum absolute atomic E-state index is 13.5. The lowest BCUT2D eigenvalue weighted by Crippen LogP contribution is -2.54. The van der Waals surface area contributed by atoms with Gasteiger partial charge in [0.2, 0.25) is 21.1 Å². The molecular formula is C27H37N7O5S2. The molecule has 0 bridgehead atoms. The standard InChI is InChI=1S/C27H37N7O5S2/c1-27(2,3)29-24(36)20-14-10-9-13-19(20)16-23(35)21(15-18-11-7-6-8-12-18)28-25(37)22(31-41(5,38)39)17-40-26-30-32-33-34(26)4/h6-14,21-23,31,35H,15-17H2,1-5H3,(H,28,37)(H,29,36)/t21-,22-,23+/m0/s1. The van der Waals surface area contributed by atoms with Gasteiger partial charge in [-0.2, -0.15) is 0 Å². The van der Waals surface area contributed by atoms with Gasteiger partial charge in [-0.1, -0.05) is 60.3 Å². The minimum Gasteiger partial charge on any atom is -0.391 e. The molecule has 0 radical (unpaired) electrons. The first kappa shape index (κ1) is 32.2. The number of rotatable bonds is 13. The third-order valence-corrected chi connectivity index (χ3v) is 7.72. The number of aliphatic hydroxyl groups excluding tert-OH is 1. The Labute approximate surface area is 244 Å². The molecule has 2 amide bonds. The van der Waals surface area contributed by atoms with Crippen LogP contribution in [0.15, 0.2) is 59.8 Å². The number of carbonyl (C=O) groups excluding carboxylic acids is 2. The van der Waals surface area contributed by atoms with Gasteiger partial charge < -0.3 is 15.7 Å². The van der Waals surface area contributed by atoms with Crippen LogP contribution in [0.2, 0.25) is 0 Å². The molecule has 0 saturated carbocycles. The number of aryl methyl sites for hydroxylation is 1. The predicted octanol–water partition coefficient (Wildman–Crippen LogP) is 1.08. The monoisotopic (exact) mass is 603 g/mol. The second-order valence-electron chi connectivity index (χ2n) is 10.8. The van der Waals surface area contributed by atoms with E-state index in [9.17, 15) is 23.1 Å². The lowest BCUT2D eigenvalue weighted by molar-refractivity contribution is -0.123. The second kappa shape index (κ2) is 14.0. The summed E-state index contributed by atoms with van der Waals surface area (Å²) in [6.07, 6.45) is 0.222. The highest BCUT2D eigenvalue weighted by atomic mass is 32.2. The third kappa shape index (κ3) is 10.5. The topological polar surface area (TPSA) is 168 Å². The number of nitrogens with zero attached hydrogens (tertiary/aromatic N) is 4. The van der Waals surface area contributed by atoms with Gasteiger partial charge in [-0.3, -0.25) is 9.59 Å². The number of tetrazole rings is 1. The normalized spacial score (nSPS) is 14.2. The van der Waals surface area contributed by atoms with Crippen molar-refractivity contribution in [3.05, 3.63) is 71.3 Å². The molecule has 0 saturated heterocycles. The van der Waals surface area contributed by atoms with E-state index in [4.69, 9.17) is 0 Å². The molecule has 41 heavy (non-hydrogen) atoms. The van der Waals surface area contributed by atoms with E-state index in [1.54, 1.807) is 31.3 Å². The lowest BCUT2D eigenvalue weighted by Gasteiger charge is -2.28. The van der Waals surface area contributed by atoms with Crippen LogP contribution in [0.3, 0.4) is 0 Å². The van der Waals surface area contributed by atoms with Crippen molar-refractivity contribution in [2.75, 3.05) is 12.0 Å². The molecule has 12 nitrogen and oxygen atoms in total. The zero-order valence-electron chi connectivity index (χ0n) is 23.7. The SMILES string of the molecule is Cn1nnnc1SC[C@H](NS(C)(=O)=O)C(=O)N[C@@H](Cc1ccccc1)[C@H](O)Cc1ccccc1C(=O)NC(C)(C)C. The average molecular weight is 604 g/mol. The molecule has 3 aromatic rings. The number of thioether (sulfide) groups is 1. The molecule has 0 aliphatic carbocycles. The van der Waals surface area contributed by atoms with Gasteiger partial charge in [0.05, 0.1) is 18.4 Å². The van der Waals surface area contributed by atoms with E-state index in [1.807, 2.05) is 51.1 Å². The van der Waals surface area contributed by atoms with Gasteiger partial charge in [0.25, 0.3) is 5.91 Å². The number of benzene rings is 2. The van der Waals surface area contributed by atoms with Crippen LogP contribution in [-0.4, -0.2) is 81.3 Å². The predicted molar refractivity (Wildman–Crippen MR) is 157 cm³/mol. The summed E-state index contributed by atoms with van der Waals surface area (Å²) >= 11 is 1.11. The van der Waals surface area contributed by atoms with E-state index < -0.39 is 39.7 Å². The second-order valence-corrected chi connectivity index (χ2v) is 13.5. The summed E-state index contributed by atoms with van der Waals surface area (Å²) < 4.78 is 28.0.